The van der Waals surface area contributed by atoms with Crippen LogP contribution in [0.4, 0.5) is 0 Å². The lowest BCUT2D eigenvalue weighted by Gasteiger charge is -2.15. The Labute approximate surface area is 107 Å². The number of hydrogen-bond acceptors (Lipinski definition) is 4. The first kappa shape index (κ1) is 14.3. The Kier molecular flexibility index (Phi) is 5.45. The van der Waals surface area contributed by atoms with Gasteiger partial charge in [-0.15, -0.1) is 0 Å². The number of carbonyl (C=O) groups is 1. The summed E-state index contributed by atoms with van der Waals surface area (Å²) in [7, 11) is 3.14. The van der Waals surface area contributed by atoms with Crippen molar-refractivity contribution in [1.82, 2.24) is 5.32 Å². The summed E-state index contributed by atoms with van der Waals surface area (Å²) in [4.78, 5) is 11.1. The lowest BCUT2D eigenvalue weighted by atomic mass is 10.1. The third-order valence-electron chi connectivity index (χ3n) is 2.52. The average molecular weight is 253 g/mol. The van der Waals surface area contributed by atoms with Crippen molar-refractivity contribution in [2.75, 3.05) is 20.8 Å². The molecule has 0 amide bonds. The monoisotopic (exact) mass is 253 g/mol. The van der Waals surface area contributed by atoms with Gasteiger partial charge < -0.3 is 19.9 Å². The summed E-state index contributed by atoms with van der Waals surface area (Å²) in [5, 5.41) is 11.8. The van der Waals surface area contributed by atoms with Gasteiger partial charge in [0.1, 0.15) is 6.04 Å². The summed E-state index contributed by atoms with van der Waals surface area (Å²) >= 11 is 0. The highest BCUT2D eigenvalue weighted by atomic mass is 16.5. The van der Waals surface area contributed by atoms with Gasteiger partial charge >= 0.3 is 5.97 Å². The molecular formula is C13H19NO4. The molecule has 0 radical (unpaired) electrons. The normalized spacial score (nSPS) is 11.9. The second kappa shape index (κ2) is 6.86. The Balaban J connectivity index is 3.00. The molecule has 1 atom stereocenters. The molecule has 1 aromatic rings. The highest BCUT2D eigenvalue weighted by molar-refractivity contribution is 5.75. The van der Waals surface area contributed by atoms with Crippen LogP contribution in [0.2, 0.25) is 0 Å². The van der Waals surface area contributed by atoms with Crippen molar-refractivity contribution in [2.24, 2.45) is 0 Å². The van der Waals surface area contributed by atoms with Gasteiger partial charge in [0.2, 0.25) is 0 Å². The van der Waals surface area contributed by atoms with Gasteiger partial charge in [0.15, 0.2) is 11.5 Å². The van der Waals surface area contributed by atoms with E-state index in [0.717, 1.165) is 6.42 Å². The smallest absolute Gasteiger partial charge is 0.325 e. The summed E-state index contributed by atoms with van der Waals surface area (Å²) in [6.07, 6.45) is 0.902. The molecular weight excluding hydrogens is 234 g/mol. The van der Waals surface area contributed by atoms with Crippen molar-refractivity contribution < 1.29 is 19.4 Å². The highest BCUT2D eigenvalue weighted by Crippen LogP contribution is 2.30. The van der Waals surface area contributed by atoms with E-state index >= 15 is 0 Å². The van der Waals surface area contributed by atoms with Crippen molar-refractivity contribution in [2.45, 2.75) is 19.4 Å². The van der Waals surface area contributed by atoms with E-state index in [9.17, 15) is 4.79 Å². The molecule has 1 unspecified atom stereocenters. The maximum absolute atomic E-state index is 11.1. The summed E-state index contributed by atoms with van der Waals surface area (Å²) < 4.78 is 10.7. The molecule has 0 aliphatic heterocycles. The molecule has 0 aliphatic rings. The molecule has 2 N–H and O–H groups in total. The lowest BCUT2D eigenvalue weighted by molar-refractivity contribution is -0.139. The van der Waals surface area contributed by atoms with E-state index in [1.54, 1.807) is 25.2 Å². The molecule has 1 aromatic carbocycles. The predicted molar refractivity (Wildman–Crippen MR) is 68.2 cm³/mol. The van der Waals surface area contributed by atoms with Gasteiger partial charge in [0, 0.05) is 0 Å². The molecule has 5 heteroatoms. The first-order valence-electron chi connectivity index (χ1n) is 5.84. The molecule has 0 aromatic heterocycles. The van der Waals surface area contributed by atoms with Gasteiger partial charge in [-0.25, -0.2) is 0 Å². The fourth-order valence-corrected chi connectivity index (χ4v) is 1.63. The summed E-state index contributed by atoms with van der Waals surface area (Å²) in [5.74, 6) is 0.243. The zero-order valence-corrected chi connectivity index (χ0v) is 10.9. The number of likely N-dealkylation sites (N-methyl/N-ethyl adjacent to an activating group) is 1. The van der Waals surface area contributed by atoms with E-state index in [1.165, 1.54) is 7.11 Å². The van der Waals surface area contributed by atoms with Crippen LogP contribution >= 0.6 is 0 Å². The summed E-state index contributed by atoms with van der Waals surface area (Å²) in [5.41, 5.74) is 0.630. The molecule has 0 bridgehead atoms. The van der Waals surface area contributed by atoms with Crippen LogP contribution < -0.4 is 14.8 Å². The largest absolute Gasteiger partial charge is 0.493 e. The Morgan fingerprint density at radius 3 is 2.67 bits per heavy atom. The molecule has 1 rings (SSSR count). The van der Waals surface area contributed by atoms with Crippen LogP contribution in [0.5, 0.6) is 11.5 Å². The van der Waals surface area contributed by atoms with E-state index < -0.39 is 12.0 Å². The quantitative estimate of drug-likeness (QED) is 0.776. The van der Waals surface area contributed by atoms with Gasteiger partial charge in [-0.2, -0.15) is 0 Å². The number of rotatable bonds is 7. The number of carboxylic acid groups (broad SMARTS) is 1. The van der Waals surface area contributed by atoms with Crippen LogP contribution in [-0.4, -0.2) is 31.8 Å². The summed E-state index contributed by atoms with van der Waals surface area (Å²) in [6.45, 7) is 2.62. The number of nitrogens with one attached hydrogen (secondary N) is 1. The molecule has 0 fully saturated rings. The van der Waals surface area contributed by atoms with Gasteiger partial charge in [0.25, 0.3) is 0 Å². The van der Waals surface area contributed by atoms with E-state index in [-0.39, 0.29) is 0 Å². The highest BCUT2D eigenvalue weighted by Gasteiger charge is 2.19. The van der Waals surface area contributed by atoms with Crippen LogP contribution in [0.1, 0.15) is 24.9 Å². The molecule has 0 aliphatic carbocycles. The van der Waals surface area contributed by atoms with E-state index in [1.807, 2.05) is 6.92 Å². The van der Waals surface area contributed by atoms with Crippen LogP contribution in [0.3, 0.4) is 0 Å². The average Bonchev–Trinajstić information content (AvgIpc) is 2.37. The van der Waals surface area contributed by atoms with E-state index in [4.69, 9.17) is 14.6 Å². The second-order valence-electron chi connectivity index (χ2n) is 3.82. The zero-order chi connectivity index (χ0) is 13.5. The molecule has 0 heterocycles. The second-order valence-corrected chi connectivity index (χ2v) is 3.82. The Hall–Kier alpha value is -1.75. The van der Waals surface area contributed by atoms with Gasteiger partial charge in [0.05, 0.1) is 13.7 Å². The van der Waals surface area contributed by atoms with E-state index in [2.05, 4.69) is 5.32 Å². The maximum atomic E-state index is 11.1. The number of ether oxygens (including phenoxy) is 2. The first-order valence-corrected chi connectivity index (χ1v) is 5.84. The number of carboxylic acids is 1. The number of methoxy groups -OCH3 is 1. The Bertz CT molecular complexity index is 406. The van der Waals surface area contributed by atoms with Crippen molar-refractivity contribution in [3.05, 3.63) is 23.8 Å². The zero-order valence-electron chi connectivity index (χ0n) is 10.9. The van der Waals surface area contributed by atoms with Crippen LogP contribution in [0.15, 0.2) is 18.2 Å². The van der Waals surface area contributed by atoms with Crippen molar-refractivity contribution >= 4 is 5.97 Å². The number of aliphatic carboxylic acids is 1. The maximum Gasteiger partial charge on any atom is 0.325 e. The SMILES string of the molecule is CCCOc1ccc(C(NC)C(=O)O)cc1OC. The minimum Gasteiger partial charge on any atom is -0.493 e. The minimum atomic E-state index is -0.929. The third kappa shape index (κ3) is 3.37. The molecule has 0 saturated carbocycles. The van der Waals surface area contributed by atoms with Crippen molar-refractivity contribution in [1.29, 1.82) is 0 Å². The first-order chi connectivity index (χ1) is 8.63. The Morgan fingerprint density at radius 1 is 1.44 bits per heavy atom. The minimum absolute atomic E-state index is 0.544. The molecule has 0 saturated heterocycles. The fraction of sp³-hybridized carbons (Fsp3) is 0.462. The van der Waals surface area contributed by atoms with Crippen molar-refractivity contribution in [3.8, 4) is 11.5 Å². The van der Waals surface area contributed by atoms with E-state index in [0.29, 0.717) is 23.7 Å². The molecule has 0 spiro atoms. The third-order valence-corrected chi connectivity index (χ3v) is 2.52. The number of benzene rings is 1. The molecule has 5 nitrogen and oxygen atoms in total. The van der Waals surface area contributed by atoms with Crippen LogP contribution in [0.25, 0.3) is 0 Å². The van der Waals surface area contributed by atoms with Gasteiger partial charge in [-0.3, -0.25) is 4.79 Å². The molecule has 18 heavy (non-hydrogen) atoms. The number of hydrogen-bond donors (Lipinski definition) is 2. The van der Waals surface area contributed by atoms with Crippen molar-refractivity contribution in [3.63, 3.8) is 0 Å². The standard InChI is InChI=1S/C13H19NO4/c1-4-7-18-10-6-5-9(8-11(10)17-3)12(14-2)13(15)16/h5-6,8,12,14H,4,7H2,1-3H3,(H,15,16). The van der Waals surface area contributed by atoms with Crippen LogP contribution in [-0.2, 0) is 4.79 Å². The topological polar surface area (TPSA) is 67.8 Å². The predicted octanol–water partition coefficient (Wildman–Crippen LogP) is 1.83. The Morgan fingerprint density at radius 2 is 2.17 bits per heavy atom. The lowest BCUT2D eigenvalue weighted by Crippen LogP contribution is -2.24. The van der Waals surface area contributed by atoms with Gasteiger partial charge in [-0.05, 0) is 31.2 Å². The van der Waals surface area contributed by atoms with Crippen LogP contribution in [0, 0.1) is 0 Å². The fourth-order valence-electron chi connectivity index (χ4n) is 1.63. The van der Waals surface area contributed by atoms with Gasteiger partial charge in [-0.1, -0.05) is 13.0 Å². The summed E-state index contributed by atoms with van der Waals surface area (Å²) in [6, 6.07) is 4.39. The molecule has 100 valence electrons.